The number of nitrogens with zero attached hydrogens (tertiary/aromatic N) is 6. The third kappa shape index (κ3) is 5.95. The number of aromatic nitrogens is 5. The van der Waals surface area contributed by atoms with E-state index in [-0.39, 0.29) is 0 Å². The normalized spacial score (nSPS) is 11.9. The van der Waals surface area contributed by atoms with Gasteiger partial charge < -0.3 is 18.0 Å². The van der Waals surface area contributed by atoms with Crippen molar-refractivity contribution >= 4 is 87.5 Å². The van der Waals surface area contributed by atoms with Crippen molar-refractivity contribution in [3.63, 3.8) is 0 Å². The average Bonchev–Trinajstić information content (AvgIpc) is 4.19. The molecule has 0 atom stereocenters. The fourth-order valence-corrected chi connectivity index (χ4v) is 11.0. The van der Waals surface area contributed by atoms with Gasteiger partial charge in [0.2, 0.25) is 0 Å². The summed E-state index contributed by atoms with van der Waals surface area (Å²) in [6, 6.07) is 77.3. The fraction of sp³-hybridized carbons (Fsp3) is 0. The highest BCUT2D eigenvalue weighted by molar-refractivity contribution is 6.19. The van der Waals surface area contributed by atoms with E-state index in [9.17, 15) is 5.26 Å². The van der Waals surface area contributed by atoms with E-state index in [1.807, 2.05) is 103 Å². The molecule has 0 spiro atoms. The van der Waals surface area contributed by atoms with Crippen molar-refractivity contribution in [2.75, 3.05) is 0 Å². The Labute approximate surface area is 410 Å². The molecule has 5 aromatic heterocycles. The quantitative estimate of drug-likeness (QED) is 0.165. The molecule has 0 fully saturated rings. The predicted octanol–water partition coefficient (Wildman–Crippen LogP) is 16.4. The molecular weight excluding hydrogens is 885 g/mol. The third-order valence-corrected chi connectivity index (χ3v) is 14.2. The highest BCUT2D eigenvalue weighted by atomic mass is 16.3. The Bertz CT molecular complexity index is 4710. The first-order valence-electron chi connectivity index (χ1n) is 23.9. The number of hydrogen-bond donors (Lipinski definition) is 0. The van der Waals surface area contributed by atoms with E-state index in [0.717, 1.165) is 127 Å². The second kappa shape index (κ2) is 15.5. The molecular formula is C64H36N6O2. The molecule has 8 heteroatoms. The highest BCUT2D eigenvalue weighted by Crippen LogP contribution is 2.45. The number of fused-ring (bicyclic) bond motifs is 12. The maximum absolute atomic E-state index is 11.3. The molecule has 0 aliphatic rings. The van der Waals surface area contributed by atoms with Gasteiger partial charge in [-0.15, -0.1) is 0 Å². The Morgan fingerprint density at radius 3 is 1.42 bits per heavy atom. The van der Waals surface area contributed by atoms with Crippen LogP contribution < -0.4 is 0 Å². The summed E-state index contributed by atoms with van der Waals surface area (Å²) in [6.07, 6.45) is 0. The smallest absolute Gasteiger partial charge is 0.164 e. The number of rotatable bonds is 6. The molecule has 0 aliphatic heterocycles. The van der Waals surface area contributed by atoms with Crippen molar-refractivity contribution in [2.45, 2.75) is 0 Å². The summed E-state index contributed by atoms with van der Waals surface area (Å²) < 4.78 is 17.6. The van der Waals surface area contributed by atoms with Crippen LogP contribution in [0.5, 0.6) is 0 Å². The Hall–Kier alpha value is -10.1. The van der Waals surface area contributed by atoms with Crippen molar-refractivity contribution in [2.24, 2.45) is 0 Å². The van der Waals surface area contributed by atoms with Gasteiger partial charge in [-0.2, -0.15) is 5.26 Å². The lowest BCUT2D eigenvalue weighted by molar-refractivity contribution is 0.669. The largest absolute Gasteiger partial charge is 0.456 e. The highest BCUT2D eigenvalue weighted by Gasteiger charge is 2.25. The molecule has 0 radical (unpaired) electrons. The van der Waals surface area contributed by atoms with Crippen molar-refractivity contribution in [1.29, 1.82) is 5.26 Å². The summed E-state index contributed by atoms with van der Waals surface area (Å²) in [6.45, 7) is 0. The molecule has 0 saturated carbocycles. The molecule has 0 aliphatic carbocycles. The molecule has 15 aromatic rings. The summed E-state index contributed by atoms with van der Waals surface area (Å²) >= 11 is 0. The number of furan rings is 2. The summed E-state index contributed by atoms with van der Waals surface area (Å²) in [4.78, 5) is 15.7. The van der Waals surface area contributed by atoms with Gasteiger partial charge in [0.25, 0.3) is 0 Å². The van der Waals surface area contributed by atoms with Gasteiger partial charge in [0.05, 0.1) is 33.3 Å². The van der Waals surface area contributed by atoms with Gasteiger partial charge in [-0.05, 0) is 66.2 Å². The second-order valence-corrected chi connectivity index (χ2v) is 18.2. The molecule has 8 nitrogen and oxygen atoms in total. The summed E-state index contributed by atoms with van der Waals surface area (Å²) in [5.41, 5.74) is 13.5. The Balaban J connectivity index is 1.06. The van der Waals surface area contributed by atoms with E-state index in [4.69, 9.17) is 23.8 Å². The van der Waals surface area contributed by atoms with Crippen LogP contribution in [0.3, 0.4) is 0 Å². The van der Waals surface area contributed by atoms with Crippen molar-refractivity contribution in [3.8, 4) is 62.7 Å². The monoisotopic (exact) mass is 920 g/mol. The van der Waals surface area contributed by atoms with Gasteiger partial charge in [-0.1, -0.05) is 146 Å². The minimum absolute atomic E-state index is 0.495. The van der Waals surface area contributed by atoms with Crippen LogP contribution in [0, 0.1) is 11.3 Å². The Kier molecular flexibility index (Phi) is 8.55. The number of benzene rings is 10. The van der Waals surface area contributed by atoms with Crippen molar-refractivity contribution in [1.82, 2.24) is 24.1 Å². The van der Waals surface area contributed by atoms with Gasteiger partial charge in [-0.3, -0.25) is 0 Å². The molecule has 334 valence electrons. The van der Waals surface area contributed by atoms with Crippen molar-refractivity contribution < 1.29 is 8.83 Å². The zero-order valence-corrected chi connectivity index (χ0v) is 38.3. The molecule has 72 heavy (non-hydrogen) atoms. The van der Waals surface area contributed by atoms with Crippen LogP contribution in [-0.4, -0.2) is 24.1 Å². The zero-order chi connectivity index (χ0) is 47.4. The Morgan fingerprint density at radius 2 is 0.833 bits per heavy atom. The van der Waals surface area contributed by atoms with Gasteiger partial charge in [0, 0.05) is 83.2 Å². The van der Waals surface area contributed by atoms with E-state index >= 15 is 0 Å². The summed E-state index contributed by atoms with van der Waals surface area (Å²) in [5.74, 6) is 1.60. The van der Waals surface area contributed by atoms with E-state index < -0.39 is 0 Å². The van der Waals surface area contributed by atoms with Crippen molar-refractivity contribution in [3.05, 3.63) is 224 Å². The van der Waals surface area contributed by atoms with Gasteiger partial charge >= 0.3 is 0 Å². The van der Waals surface area contributed by atoms with Crippen LogP contribution in [0.2, 0.25) is 0 Å². The molecule has 0 saturated heterocycles. The molecule has 0 amide bonds. The molecule has 10 aromatic carbocycles. The van der Waals surface area contributed by atoms with E-state index in [0.29, 0.717) is 23.0 Å². The molecule has 15 rings (SSSR count). The topological polar surface area (TPSA) is 98.6 Å². The van der Waals surface area contributed by atoms with Crippen LogP contribution in [-0.2, 0) is 0 Å². The SMILES string of the molecule is N#Cc1cccc(-c2cc(-n3c4ccccc4c4cc5c(cc43)oc3ccccc35)ccc2-c2nc(-c3ccccc3)nc(-c3ccccc3)n2)c1-n1c2ccccc2c2cc3c(cc21)oc1ccccc13. The standard InChI is InChI=1S/C64H36N6O2/c65-37-40-20-15-25-46(61(40)70-54-27-12-8-22-43(54)50-34-52-45-24-10-14-29-58(45)72-60(52)36-56(50)70)48-32-41(30-31-47(48)64-67-62(38-16-3-1-4-17-38)66-63(68-64)39-18-5-2-6-19-39)69-53-26-11-7-21-42(53)49-33-51-44-23-9-13-28-57(44)71-59(51)35-55(49)69/h1-36H. The summed E-state index contributed by atoms with van der Waals surface area (Å²) in [7, 11) is 0. The van der Waals surface area contributed by atoms with Gasteiger partial charge in [0.15, 0.2) is 17.5 Å². The number of para-hydroxylation sites is 5. The first-order valence-corrected chi connectivity index (χ1v) is 23.9. The molecule has 5 heterocycles. The predicted molar refractivity (Wildman–Crippen MR) is 290 cm³/mol. The zero-order valence-electron chi connectivity index (χ0n) is 38.3. The van der Waals surface area contributed by atoms with E-state index in [1.165, 1.54) is 0 Å². The average molecular weight is 921 g/mol. The van der Waals surface area contributed by atoms with Crippen LogP contribution in [0.4, 0.5) is 0 Å². The maximum Gasteiger partial charge on any atom is 0.164 e. The van der Waals surface area contributed by atoms with E-state index in [2.05, 4.69) is 130 Å². The fourth-order valence-electron chi connectivity index (χ4n) is 11.0. The lowest BCUT2D eigenvalue weighted by atomic mass is 9.94. The number of hydrogen-bond acceptors (Lipinski definition) is 6. The Morgan fingerprint density at radius 1 is 0.333 bits per heavy atom. The lowest BCUT2D eigenvalue weighted by Gasteiger charge is -2.20. The van der Waals surface area contributed by atoms with Crippen LogP contribution in [0.15, 0.2) is 227 Å². The minimum Gasteiger partial charge on any atom is -0.456 e. The third-order valence-electron chi connectivity index (χ3n) is 14.2. The van der Waals surface area contributed by atoms with Gasteiger partial charge in [0.1, 0.15) is 28.4 Å². The molecule has 0 unspecified atom stereocenters. The maximum atomic E-state index is 11.3. The van der Waals surface area contributed by atoms with Crippen LogP contribution in [0.1, 0.15) is 5.56 Å². The lowest BCUT2D eigenvalue weighted by Crippen LogP contribution is -2.05. The summed E-state index contributed by atoms with van der Waals surface area (Å²) in [5, 5.41) is 19.9. The minimum atomic E-state index is 0.495. The second-order valence-electron chi connectivity index (χ2n) is 18.2. The van der Waals surface area contributed by atoms with Crippen LogP contribution in [0.25, 0.3) is 144 Å². The first-order chi connectivity index (χ1) is 35.6. The van der Waals surface area contributed by atoms with Crippen LogP contribution >= 0.6 is 0 Å². The first kappa shape index (κ1) is 39.9. The van der Waals surface area contributed by atoms with E-state index in [1.54, 1.807) is 0 Å². The number of nitriles is 1. The van der Waals surface area contributed by atoms with Gasteiger partial charge in [-0.25, -0.2) is 15.0 Å². The molecule has 0 N–H and O–H groups in total. The molecule has 0 bridgehead atoms.